The molecule has 106 valence electrons. The summed E-state index contributed by atoms with van der Waals surface area (Å²) < 4.78 is 0. The third kappa shape index (κ3) is 3.68. The quantitative estimate of drug-likeness (QED) is 0.502. The van der Waals surface area contributed by atoms with Crippen LogP contribution in [0.15, 0.2) is 84.9 Å². The van der Waals surface area contributed by atoms with Crippen LogP contribution in [0.25, 0.3) is 0 Å². The predicted octanol–water partition coefficient (Wildman–Crippen LogP) is 3.27. The molecule has 0 saturated carbocycles. The molecular formula is C20H15ClSi. The average molecular weight is 319 g/mol. The molecule has 0 heterocycles. The fraction of sp³-hybridized carbons (Fsp3) is 0. The Morgan fingerprint density at radius 1 is 0.636 bits per heavy atom. The highest BCUT2D eigenvalue weighted by molar-refractivity contribution is 6.91. The van der Waals surface area contributed by atoms with Crippen LogP contribution in [-0.2, 0) is 0 Å². The van der Waals surface area contributed by atoms with Crippen molar-refractivity contribution in [2.75, 3.05) is 0 Å². The number of hydrogen-bond donors (Lipinski definition) is 0. The first-order valence-corrected chi connectivity index (χ1v) is 9.31. The summed E-state index contributed by atoms with van der Waals surface area (Å²) in [6.07, 6.45) is 0. The molecule has 0 radical (unpaired) electrons. The summed E-state index contributed by atoms with van der Waals surface area (Å²) in [5.41, 5.74) is 4.54. The molecule has 0 N–H and O–H groups in total. The van der Waals surface area contributed by atoms with Gasteiger partial charge in [0, 0.05) is 10.6 Å². The van der Waals surface area contributed by atoms with E-state index in [0.717, 1.165) is 10.6 Å². The van der Waals surface area contributed by atoms with Gasteiger partial charge in [-0.05, 0) is 34.6 Å². The van der Waals surface area contributed by atoms with E-state index in [1.165, 1.54) is 10.4 Å². The summed E-state index contributed by atoms with van der Waals surface area (Å²) in [4.78, 5) is 0. The topological polar surface area (TPSA) is 0 Å². The summed E-state index contributed by atoms with van der Waals surface area (Å²) in [5.74, 6) is 3.32. The third-order valence-corrected chi connectivity index (χ3v) is 6.26. The molecule has 0 nitrogen and oxygen atoms in total. The van der Waals surface area contributed by atoms with Crippen LogP contribution < -0.4 is 10.4 Å². The predicted molar refractivity (Wildman–Crippen MR) is 97.6 cm³/mol. The second kappa shape index (κ2) is 7.13. The van der Waals surface area contributed by atoms with Crippen LogP contribution in [0, 0.1) is 11.5 Å². The maximum atomic E-state index is 5.93. The normalized spacial score (nSPS) is 10.1. The van der Waals surface area contributed by atoms with Crippen molar-refractivity contribution in [1.82, 2.24) is 0 Å². The van der Waals surface area contributed by atoms with Crippen LogP contribution in [0.3, 0.4) is 0 Å². The van der Waals surface area contributed by atoms with E-state index in [-0.39, 0.29) is 0 Å². The van der Waals surface area contributed by atoms with E-state index in [0.29, 0.717) is 0 Å². The lowest BCUT2D eigenvalue weighted by Gasteiger charge is -2.09. The van der Waals surface area contributed by atoms with Crippen LogP contribution in [0.4, 0.5) is 0 Å². The smallest absolute Gasteiger partial charge is 0.119 e. The minimum Gasteiger partial charge on any atom is -0.119 e. The standard InChI is InChI=1S/C20H15ClSi/c21-18-13-11-17(12-14-18)15-16-22(19-7-3-1-4-8-19)20-9-5-2-6-10-20/h1-14,22H. The van der Waals surface area contributed by atoms with Crippen molar-refractivity contribution < 1.29 is 0 Å². The van der Waals surface area contributed by atoms with Crippen LogP contribution in [0.5, 0.6) is 0 Å². The van der Waals surface area contributed by atoms with Crippen LogP contribution in [-0.4, -0.2) is 8.80 Å². The summed E-state index contributed by atoms with van der Waals surface area (Å²) in [7, 11) is -1.53. The highest BCUT2D eigenvalue weighted by atomic mass is 35.5. The second-order valence-corrected chi connectivity index (χ2v) is 7.96. The molecule has 3 aromatic carbocycles. The van der Waals surface area contributed by atoms with Gasteiger partial charge in [-0.25, -0.2) is 0 Å². The van der Waals surface area contributed by atoms with E-state index in [1.54, 1.807) is 0 Å². The molecule has 0 aromatic heterocycles. The minimum atomic E-state index is -1.53. The Morgan fingerprint density at radius 3 is 1.64 bits per heavy atom. The van der Waals surface area contributed by atoms with E-state index in [9.17, 15) is 0 Å². The fourth-order valence-electron chi connectivity index (χ4n) is 2.34. The zero-order chi connectivity index (χ0) is 15.2. The first-order chi connectivity index (χ1) is 10.8. The van der Waals surface area contributed by atoms with Crippen LogP contribution in [0.1, 0.15) is 5.56 Å². The first-order valence-electron chi connectivity index (χ1n) is 7.20. The maximum absolute atomic E-state index is 5.93. The molecule has 0 unspecified atom stereocenters. The molecule has 22 heavy (non-hydrogen) atoms. The summed E-state index contributed by atoms with van der Waals surface area (Å²) in [5, 5.41) is 3.43. The number of hydrogen-bond acceptors (Lipinski definition) is 0. The number of benzene rings is 3. The van der Waals surface area contributed by atoms with E-state index in [4.69, 9.17) is 11.6 Å². The van der Waals surface area contributed by atoms with E-state index in [2.05, 4.69) is 60.0 Å². The van der Waals surface area contributed by atoms with Gasteiger partial charge in [0.15, 0.2) is 8.80 Å². The Morgan fingerprint density at radius 2 is 1.14 bits per heavy atom. The minimum absolute atomic E-state index is 0.741. The van der Waals surface area contributed by atoms with Gasteiger partial charge in [0.05, 0.1) is 0 Å². The largest absolute Gasteiger partial charge is 0.184 e. The van der Waals surface area contributed by atoms with Crippen molar-refractivity contribution in [2.45, 2.75) is 0 Å². The lowest BCUT2D eigenvalue weighted by molar-refractivity contribution is 1.65. The van der Waals surface area contributed by atoms with Gasteiger partial charge in [0.2, 0.25) is 0 Å². The molecule has 3 rings (SSSR count). The number of halogens is 1. The van der Waals surface area contributed by atoms with Gasteiger partial charge in [-0.1, -0.05) is 78.2 Å². The molecule has 3 aromatic rings. The Bertz CT molecular complexity index is 744. The van der Waals surface area contributed by atoms with Crippen LogP contribution >= 0.6 is 11.6 Å². The Balaban J connectivity index is 1.98. The van der Waals surface area contributed by atoms with E-state index < -0.39 is 8.80 Å². The number of rotatable bonds is 2. The molecule has 0 aliphatic carbocycles. The van der Waals surface area contributed by atoms with Crippen molar-refractivity contribution in [3.05, 3.63) is 95.5 Å². The highest BCUT2D eigenvalue weighted by Gasteiger charge is 2.12. The van der Waals surface area contributed by atoms with Gasteiger partial charge in [0.25, 0.3) is 0 Å². The molecule has 0 amide bonds. The lowest BCUT2D eigenvalue weighted by Crippen LogP contribution is -2.41. The zero-order valence-corrected chi connectivity index (χ0v) is 13.9. The third-order valence-electron chi connectivity index (χ3n) is 3.47. The van der Waals surface area contributed by atoms with E-state index in [1.807, 2.05) is 36.4 Å². The van der Waals surface area contributed by atoms with Gasteiger partial charge in [0.1, 0.15) is 0 Å². The molecule has 0 atom stereocenters. The second-order valence-electron chi connectivity index (χ2n) is 5.03. The maximum Gasteiger partial charge on any atom is 0.184 e. The summed E-state index contributed by atoms with van der Waals surface area (Å²) in [6, 6.07) is 28.9. The van der Waals surface area contributed by atoms with Gasteiger partial charge in [-0.2, -0.15) is 0 Å². The molecule has 0 saturated heterocycles. The summed E-state index contributed by atoms with van der Waals surface area (Å²) >= 11 is 5.93. The SMILES string of the molecule is Clc1ccc(C#C[SiH](c2ccccc2)c2ccccc2)cc1. The first kappa shape index (κ1) is 14.7. The monoisotopic (exact) mass is 318 g/mol. The zero-order valence-electron chi connectivity index (χ0n) is 12.0. The van der Waals surface area contributed by atoms with Crippen molar-refractivity contribution in [3.63, 3.8) is 0 Å². The fourth-order valence-corrected chi connectivity index (χ4v) is 4.71. The Labute approximate surface area is 138 Å². The molecular weight excluding hydrogens is 304 g/mol. The van der Waals surface area contributed by atoms with E-state index >= 15 is 0 Å². The molecule has 0 fully saturated rings. The van der Waals surface area contributed by atoms with Gasteiger partial charge < -0.3 is 0 Å². The van der Waals surface area contributed by atoms with Gasteiger partial charge in [-0.3, -0.25) is 0 Å². The van der Waals surface area contributed by atoms with Crippen LogP contribution in [0.2, 0.25) is 5.02 Å². The Kier molecular flexibility index (Phi) is 4.75. The van der Waals surface area contributed by atoms with Crippen molar-refractivity contribution in [3.8, 4) is 11.5 Å². The Hall–Kier alpha value is -2.27. The molecule has 2 heteroatoms. The van der Waals surface area contributed by atoms with Crippen molar-refractivity contribution >= 4 is 30.8 Å². The van der Waals surface area contributed by atoms with Gasteiger partial charge >= 0.3 is 0 Å². The van der Waals surface area contributed by atoms with Crippen molar-refractivity contribution in [1.29, 1.82) is 0 Å². The molecule has 0 bridgehead atoms. The van der Waals surface area contributed by atoms with Crippen molar-refractivity contribution in [2.24, 2.45) is 0 Å². The summed E-state index contributed by atoms with van der Waals surface area (Å²) in [6.45, 7) is 0. The average Bonchev–Trinajstić information content (AvgIpc) is 2.59. The molecule has 0 aliphatic heterocycles. The molecule has 0 spiro atoms. The molecule has 0 aliphatic rings. The lowest BCUT2D eigenvalue weighted by atomic mass is 10.2. The highest BCUT2D eigenvalue weighted by Crippen LogP contribution is 2.08. The van der Waals surface area contributed by atoms with Gasteiger partial charge in [-0.15, -0.1) is 5.54 Å².